The van der Waals surface area contributed by atoms with Gasteiger partial charge in [-0.25, -0.2) is 0 Å². The van der Waals surface area contributed by atoms with E-state index in [2.05, 4.69) is 10.3 Å². The molecule has 1 amide bonds. The molecule has 0 saturated heterocycles. The minimum atomic E-state index is -0.668. The fourth-order valence-corrected chi connectivity index (χ4v) is 1.65. The Kier molecular flexibility index (Phi) is 3.90. The molecule has 0 aliphatic rings. The first-order chi connectivity index (χ1) is 9.58. The molecule has 0 bridgehead atoms. The number of amides is 1. The molecule has 7 heteroatoms. The van der Waals surface area contributed by atoms with E-state index in [1.807, 2.05) is 0 Å². The van der Waals surface area contributed by atoms with Gasteiger partial charge in [0, 0.05) is 25.0 Å². The molecule has 20 heavy (non-hydrogen) atoms. The molecule has 1 aromatic heterocycles. The van der Waals surface area contributed by atoms with Gasteiger partial charge in [0.15, 0.2) is 0 Å². The van der Waals surface area contributed by atoms with Crippen molar-refractivity contribution in [1.82, 2.24) is 10.3 Å². The Morgan fingerprint density at radius 2 is 2.20 bits per heavy atom. The van der Waals surface area contributed by atoms with E-state index in [4.69, 9.17) is 0 Å². The number of hydrogen-bond acceptors (Lipinski definition) is 5. The number of rotatable bonds is 4. The number of nitrogens with one attached hydrogen (secondary N) is 1. The van der Waals surface area contributed by atoms with Crippen LogP contribution in [0.4, 0.5) is 5.69 Å². The molecule has 0 fully saturated rings. The Balaban J connectivity index is 2.17. The summed E-state index contributed by atoms with van der Waals surface area (Å²) in [6, 6.07) is 6.81. The SMILES string of the molecule is O=C(NCc1cccnc1)c1cc(O)ccc1[N+](=O)[O-]. The molecule has 2 rings (SSSR count). The van der Waals surface area contributed by atoms with Crippen LogP contribution in [0.1, 0.15) is 15.9 Å². The van der Waals surface area contributed by atoms with Gasteiger partial charge in [-0.05, 0) is 23.8 Å². The molecule has 1 aromatic carbocycles. The van der Waals surface area contributed by atoms with Gasteiger partial charge in [0.05, 0.1) is 4.92 Å². The standard InChI is InChI=1S/C13H11N3O4/c17-10-3-4-12(16(19)20)11(6-10)13(18)15-8-9-2-1-5-14-7-9/h1-7,17H,8H2,(H,15,18). The van der Waals surface area contributed by atoms with Crippen molar-refractivity contribution in [3.63, 3.8) is 0 Å². The normalized spacial score (nSPS) is 10.0. The van der Waals surface area contributed by atoms with Crippen molar-refractivity contribution >= 4 is 11.6 Å². The predicted molar refractivity (Wildman–Crippen MR) is 70.2 cm³/mol. The number of aromatic hydroxyl groups is 1. The number of nitrogens with zero attached hydrogens (tertiary/aromatic N) is 2. The predicted octanol–water partition coefficient (Wildman–Crippen LogP) is 1.63. The number of phenols is 1. The number of hydrogen-bond donors (Lipinski definition) is 2. The van der Waals surface area contributed by atoms with Gasteiger partial charge < -0.3 is 10.4 Å². The molecule has 0 spiro atoms. The summed E-state index contributed by atoms with van der Waals surface area (Å²) < 4.78 is 0. The van der Waals surface area contributed by atoms with Crippen LogP contribution in [0.5, 0.6) is 5.75 Å². The summed E-state index contributed by atoms with van der Waals surface area (Å²) in [6.45, 7) is 0.194. The number of pyridine rings is 1. The molecular weight excluding hydrogens is 262 g/mol. The van der Waals surface area contributed by atoms with Crippen LogP contribution in [-0.2, 0) is 6.54 Å². The number of aromatic nitrogens is 1. The quantitative estimate of drug-likeness (QED) is 0.650. The van der Waals surface area contributed by atoms with E-state index in [0.717, 1.165) is 23.8 Å². The topological polar surface area (TPSA) is 105 Å². The summed E-state index contributed by atoms with van der Waals surface area (Å²) in [5, 5.41) is 22.7. The van der Waals surface area contributed by atoms with Crippen LogP contribution in [-0.4, -0.2) is 20.9 Å². The van der Waals surface area contributed by atoms with Crippen LogP contribution in [0, 0.1) is 10.1 Å². The minimum Gasteiger partial charge on any atom is -0.508 e. The van der Waals surface area contributed by atoms with Crippen LogP contribution in [0.25, 0.3) is 0 Å². The molecule has 0 saturated carbocycles. The third kappa shape index (κ3) is 3.08. The molecule has 0 atom stereocenters. The monoisotopic (exact) mass is 273 g/mol. The third-order valence-corrected chi connectivity index (χ3v) is 2.60. The molecule has 2 N–H and O–H groups in total. The van der Waals surface area contributed by atoms with Gasteiger partial charge in [-0.1, -0.05) is 6.07 Å². The maximum atomic E-state index is 11.9. The second-order valence-electron chi connectivity index (χ2n) is 4.00. The van der Waals surface area contributed by atoms with Crippen molar-refractivity contribution < 1.29 is 14.8 Å². The van der Waals surface area contributed by atoms with Crippen molar-refractivity contribution in [2.45, 2.75) is 6.54 Å². The van der Waals surface area contributed by atoms with E-state index in [9.17, 15) is 20.0 Å². The zero-order valence-electron chi connectivity index (χ0n) is 10.3. The lowest BCUT2D eigenvalue weighted by Crippen LogP contribution is -2.23. The fraction of sp³-hybridized carbons (Fsp3) is 0.0769. The van der Waals surface area contributed by atoms with E-state index < -0.39 is 10.8 Å². The summed E-state index contributed by atoms with van der Waals surface area (Å²) in [7, 11) is 0. The summed E-state index contributed by atoms with van der Waals surface area (Å²) in [4.78, 5) is 26.0. The average molecular weight is 273 g/mol. The fourth-order valence-electron chi connectivity index (χ4n) is 1.65. The highest BCUT2D eigenvalue weighted by Crippen LogP contribution is 2.23. The van der Waals surface area contributed by atoms with Gasteiger partial charge in [0.2, 0.25) is 0 Å². The minimum absolute atomic E-state index is 0.182. The van der Waals surface area contributed by atoms with Crippen molar-refractivity contribution in [2.24, 2.45) is 0 Å². The third-order valence-electron chi connectivity index (χ3n) is 2.60. The molecule has 2 aromatic rings. The average Bonchev–Trinajstić information content (AvgIpc) is 2.45. The van der Waals surface area contributed by atoms with Crippen molar-refractivity contribution in [1.29, 1.82) is 0 Å². The van der Waals surface area contributed by atoms with Crippen molar-refractivity contribution in [3.05, 3.63) is 64.0 Å². The van der Waals surface area contributed by atoms with Gasteiger partial charge in [-0.3, -0.25) is 19.9 Å². The number of nitro benzene ring substituents is 1. The summed E-state index contributed by atoms with van der Waals surface area (Å²) in [5.41, 5.74) is 0.231. The first-order valence-electron chi connectivity index (χ1n) is 5.72. The molecule has 1 heterocycles. The maximum absolute atomic E-state index is 11.9. The highest BCUT2D eigenvalue weighted by Gasteiger charge is 2.20. The van der Waals surface area contributed by atoms with Crippen molar-refractivity contribution in [2.75, 3.05) is 0 Å². The number of benzene rings is 1. The molecule has 0 unspecified atom stereocenters. The molecular formula is C13H11N3O4. The largest absolute Gasteiger partial charge is 0.508 e. The van der Waals surface area contributed by atoms with E-state index in [1.165, 1.54) is 0 Å². The highest BCUT2D eigenvalue weighted by atomic mass is 16.6. The summed E-state index contributed by atoms with van der Waals surface area (Å²) >= 11 is 0. The van der Waals surface area contributed by atoms with Gasteiger partial charge >= 0.3 is 0 Å². The lowest BCUT2D eigenvalue weighted by molar-refractivity contribution is -0.385. The second-order valence-corrected chi connectivity index (χ2v) is 4.00. The van der Waals surface area contributed by atoms with Crippen LogP contribution < -0.4 is 5.32 Å². The Morgan fingerprint density at radius 1 is 1.40 bits per heavy atom. The van der Waals surface area contributed by atoms with E-state index in [1.54, 1.807) is 24.5 Å². The second kappa shape index (κ2) is 5.79. The van der Waals surface area contributed by atoms with E-state index in [-0.39, 0.29) is 23.5 Å². The van der Waals surface area contributed by atoms with Crippen LogP contribution >= 0.6 is 0 Å². The number of carbonyl (C=O) groups is 1. The first kappa shape index (κ1) is 13.5. The lowest BCUT2D eigenvalue weighted by atomic mass is 10.1. The molecule has 0 aliphatic heterocycles. The first-order valence-corrected chi connectivity index (χ1v) is 5.72. The Labute approximate surface area is 114 Å². The van der Waals surface area contributed by atoms with Gasteiger partial charge in [0.1, 0.15) is 11.3 Å². The van der Waals surface area contributed by atoms with E-state index in [0.29, 0.717) is 0 Å². The zero-order chi connectivity index (χ0) is 14.5. The molecule has 102 valence electrons. The van der Waals surface area contributed by atoms with Crippen LogP contribution in [0.15, 0.2) is 42.7 Å². The van der Waals surface area contributed by atoms with Crippen molar-refractivity contribution in [3.8, 4) is 5.75 Å². The van der Waals surface area contributed by atoms with Gasteiger partial charge in [-0.15, -0.1) is 0 Å². The Bertz CT molecular complexity index is 643. The summed E-state index contributed by atoms with van der Waals surface area (Å²) in [6.07, 6.45) is 3.18. The smallest absolute Gasteiger partial charge is 0.282 e. The lowest BCUT2D eigenvalue weighted by Gasteiger charge is -2.06. The number of nitro groups is 1. The summed E-state index contributed by atoms with van der Waals surface area (Å²) in [5.74, 6) is -0.835. The maximum Gasteiger partial charge on any atom is 0.282 e. The Morgan fingerprint density at radius 3 is 2.85 bits per heavy atom. The number of carbonyl (C=O) groups excluding carboxylic acids is 1. The zero-order valence-corrected chi connectivity index (χ0v) is 10.3. The molecule has 0 aliphatic carbocycles. The van der Waals surface area contributed by atoms with Crippen LogP contribution in [0.3, 0.4) is 0 Å². The Hall–Kier alpha value is -2.96. The van der Waals surface area contributed by atoms with E-state index >= 15 is 0 Å². The van der Waals surface area contributed by atoms with Gasteiger partial charge in [0.25, 0.3) is 11.6 Å². The molecule has 0 radical (unpaired) electrons. The van der Waals surface area contributed by atoms with Crippen LogP contribution in [0.2, 0.25) is 0 Å². The molecule has 7 nitrogen and oxygen atoms in total. The van der Waals surface area contributed by atoms with Gasteiger partial charge in [-0.2, -0.15) is 0 Å². The highest BCUT2D eigenvalue weighted by molar-refractivity contribution is 5.98. The number of phenolic OH excluding ortho intramolecular Hbond substituents is 1.